The van der Waals surface area contributed by atoms with Crippen LogP contribution in [0.2, 0.25) is 0 Å². The van der Waals surface area contributed by atoms with E-state index in [1.165, 1.54) is 19.1 Å². The van der Waals surface area contributed by atoms with E-state index >= 15 is 0 Å². The van der Waals surface area contributed by atoms with Crippen molar-refractivity contribution in [3.63, 3.8) is 0 Å². The summed E-state index contributed by atoms with van der Waals surface area (Å²) in [4.78, 5) is 10.6. The van der Waals surface area contributed by atoms with E-state index in [9.17, 15) is 13.2 Å². The Morgan fingerprint density at radius 1 is 1.11 bits per heavy atom. The molecule has 0 heterocycles. The number of carbonyl (C=O) groups is 1. The Kier molecular flexibility index (Phi) is 5.98. The summed E-state index contributed by atoms with van der Waals surface area (Å²) in [5.74, 6) is -0.340. The van der Waals surface area contributed by atoms with Gasteiger partial charge in [0.05, 0.1) is 18.1 Å². The molecule has 0 N–H and O–H groups in total. The molecule has 0 atom stereocenters. The van der Waals surface area contributed by atoms with Gasteiger partial charge in [-0.3, -0.25) is 8.98 Å². The van der Waals surface area contributed by atoms with Gasteiger partial charge in [-0.15, -0.1) is 0 Å². The standard InChI is InChI=1S/C13H18O5S/c1-11-5-7-13(8-6-11)19(15,16)18-10-4-3-9-17-12(2)14/h5-8H,3-4,9-10H2,1-2H3. The predicted octanol–water partition coefficient (Wildman–Crippen LogP) is 2.04. The van der Waals surface area contributed by atoms with E-state index in [1.54, 1.807) is 12.1 Å². The van der Waals surface area contributed by atoms with Crippen molar-refractivity contribution < 1.29 is 22.1 Å². The fourth-order valence-corrected chi connectivity index (χ4v) is 2.30. The van der Waals surface area contributed by atoms with E-state index in [-0.39, 0.29) is 24.1 Å². The largest absolute Gasteiger partial charge is 0.466 e. The number of benzene rings is 1. The van der Waals surface area contributed by atoms with Gasteiger partial charge < -0.3 is 4.74 Å². The Labute approximate surface area is 113 Å². The summed E-state index contributed by atoms with van der Waals surface area (Å²) in [7, 11) is -3.69. The number of aryl methyl sites for hydroxylation is 1. The van der Waals surface area contributed by atoms with Crippen molar-refractivity contribution in [1.29, 1.82) is 0 Å². The predicted molar refractivity (Wildman–Crippen MR) is 70.2 cm³/mol. The Morgan fingerprint density at radius 2 is 1.68 bits per heavy atom. The van der Waals surface area contributed by atoms with Gasteiger partial charge in [0, 0.05) is 6.92 Å². The van der Waals surface area contributed by atoms with Crippen LogP contribution >= 0.6 is 0 Å². The topological polar surface area (TPSA) is 69.7 Å². The SMILES string of the molecule is CC(=O)OCCCCOS(=O)(=O)c1ccc(C)cc1. The van der Waals surface area contributed by atoms with Gasteiger partial charge in [-0.1, -0.05) is 17.7 Å². The van der Waals surface area contributed by atoms with Crippen molar-refractivity contribution in [2.75, 3.05) is 13.2 Å². The van der Waals surface area contributed by atoms with Gasteiger partial charge in [0.1, 0.15) is 0 Å². The number of hydrogen-bond acceptors (Lipinski definition) is 5. The van der Waals surface area contributed by atoms with Crippen molar-refractivity contribution >= 4 is 16.1 Å². The monoisotopic (exact) mass is 286 g/mol. The molecule has 0 bridgehead atoms. The molecule has 1 rings (SSSR count). The van der Waals surface area contributed by atoms with E-state index in [1.807, 2.05) is 6.92 Å². The minimum atomic E-state index is -3.69. The van der Waals surface area contributed by atoms with E-state index in [0.29, 0.717) is 12.8 Å². The molecule has 0 aromatic heterocycles. The Hall–Kier alpha value is -1.40. The number of ether oxygens (including phenoxy) is 1. The fourth-order valence-electron chi connectivity index (χ4n) is 1.36. The molecule has 0 amide bonds. The first-order valence-corrected chi connectivity index (χ1v) is 7.42. The molecule has 1 aromatic rings. The molecule has 6 heteroatoms. The van der Waals surface area contributed by atoms with Crippen molar-refractivity contribution in [2.24, 2.45) is 0 Å². The van der Waals surface area contributed by atoms with Crippen LogP contribution in [0.4, 0.5) is 0 Å². The number of hydrogen-bond donors (Lipinski definition) is 0. The highest BCUT2D eigenvalue weighted by molar-refractivity contribution is 7.86. The molecule has 0 fully saturated rings. The normalized spacial score (nSPS) is 11.3. The van der Waals surface area contributed by atoms with Crippen LogP contribution in [0.1, 0.15) is 25.3 Å². The molecule has 0 radical (unpaired) electrons. The van der Waals surface area contributed by atoms with E-state index in [2.05, 4.69) is 0 Å². The molecular formula is C13H18O5S. The number of unbranched alkanes of at least 4 members (excludes halogenated alkanes) is 1. The van der Waals surface area contributed by atoms with Crippen molar-refractivity contribution in [2.45, 2.75) is 31.6 Å². The molecule has 5 nitrogen and oxygen atoms in total. The smallest absolute Gasteiger partial charge is 0.302 e. The quantitative estimate of drug-likeness (QED) is 0.436. The summed E-state index contributed by atoms with van der Waals surface area (Å²) < 4.78 is 33.2. The lowest BCUT2D eigenvalue weighted by Gasteiger charge is -2.06. The molecule has 0 aliphatic carbocycles. The van der Waals surface area contributed by atoms with Gasteiger partial charge in [-0.05, 0) is 31.9 Å². The summed E-state index contributed by atoms with van der Waals surface area (Å²) in [6.45, 7) is 3.57. The molecule has 0 unspecified atom stereocenters. The van der Waals surface area contributed by atoms with Crippen molar-refractivity contribution in [3.8, 4) is 0 Å². The van der Waals surface area contributed by atoms with Crippen LogP contribution in [0.25, 0.3) is 0 Å². The van der Waals surface area contributed by atoms with Crippen LogP contribution in [-0.4, -0.2) is 27.6 Å². The van der Waals surface area contributed by atoms with Gasteiger partial charge >= 0.3 is 5.97 Å². The molecule has 0 spiro atoms. The highest BCUT2D eigenvalue weighted by Gasteiger charge is 2.14. The Bertz CT molecular complexity index is 504. The van der Waals surface area contributed by atoms with Gasteiger partial charge in [0.2, 0.25) is 0 Å². The summed E-state index contributed by atoms with van der Waals surface area (Å²) in [6.07, 6.45) is 1.08. The zero-order valence-electron chi connectivity index (χ0n) is 11.1. The van der Waals surface area contributed by atoms with Crippen molar-refractivity contribution in [1.82, 2.24) is 0 Å². The third kappa shape index (κ3) is 5.85. The molecule has 106 valence electrons. The van der Waals surface area contributed by atoms with Gasteiger partial charge in [0.15, 0.2) is 0 Å². The maximum Gasteiger partial charge on any atom is 0.302 e. The number of esters is 1. The van der Waals surface area contributed by atoms with Crippen LogP contribution in [0, 0.1) is 6.92 Å². The molecule has 1 aromatic carbocycles. The lowest BCUT2D eigenvalue weighted by molar-refractivity contribution is -0.141. The first kappa shape index (κ1) is 15.7. The maximum atomic E-state index is 11.8. The average molecular weight is 286 g/mol. The zero-order chi connectivity index (χ0) is 14.3. The maximum absolute atomic E-state index is 11.8. The van der Waals surface area contributed by atoms with Crippen LogP contribution < -0.4 is 0 Å². The lowest BCUT2D eigenvalue weighted by Crippen LogP contribution is -2.08. The second-order valence-electron chi connectivity index (χ2n) is 4.14. The third-order valence-corrected chi connectivity index (χ3v) is 3.72. The molecular weight excluding hydrogens is 268 g/mol. The summed E-state index contributed by atoms with van der Waals surface area (Å²) in [5, 5.41) is 0. The van der Waals surface area contributed by atoms with Gasteiger partial charge in [-0.2, -0.15) is 8.42 Å². The highest BCUT2D eigenvalue weighted by atomic mass is 32.2. The van der Waals surface area contributed by atoms with Crippen LogP contribution in [0.5, 0.6) is 0 Å². The van der Waals surface area contributed by atoms with Gasteiger partial charge in [-0.25, -0.2) is 0 Å². The minimum Gasteiger partial charge on any atom is -0.466 e. The highest BCUT2D eigenvalue weighted by Crippen LogP contribution is 2.13. The second-order valence-corrected chi connectivity index (χ2v) is 5.75. The molecule has 0 saturated carbocycles. The first-order chi connectivity index (χ1) is 8.92. The lowest BCUT2D eigenvalue weighted by atomic mass is 10.2. The summed E-state index contributed by atoms with van der Waals surface area (Å²) in [5.41, 5.74) is 0.986. The minimum absolute atomic E-state index is 0.0808. The zero-order valence-corrected chi connectivity index (χ0v) is 11.9. The van der Waals surface area contributed by atoms with E-state index in [0.717, 1.165) is 5.56 Å². The molecule has 0 aliphatic heterocycles. The molecule has 19 heavy (non-hydrogen) atoms. The number of carbonyl (C=O) groups excluding carboxylic acids is 1. The summed E-state index contributed by atoms with van der Waals surface area (Å²) >= 11 is 0. The van der Waals surface area contributed by atoms with Crippen LogP contribution in [0.3, 0.4) is 0 Å². The third-order valence-electron chi connectivity index (χ3n) is 2.39. The Balaban J connectivity index is 2.35. The molecule has 0 saturated heterocycles. The van der Waals surface area contributed by atoms with E-state index in [4.69, 9.17) is 8.92 Å². The van der Waals surface area contributed by atoms with Crippen LogP contribution in [-0.2, 0) is 23.8 Å². The first-order valence-electron chi connectivity index (χ1n) is 6.01. The van der Waals surface area contributed by atoms with Crippen LogP contribution in [0.15, 0.2) is 29.2 Å². The average Bonchev–Trinajstić information content (AvgIpc) is 2.34. The fraction of sp³-hybridized carbons (Fsp3) is 0.462. The second kappa shape index (κ2) is 7.25. The summed E-state index contributed by atoms with van der Waals surface area (Å²) in [6, 6.07) is 6.47. The molecule has 0 aliphatic rings. The van der Waals surface area contributed by atoms with E-state index < -0.39 is 10.1 Å². The van der Waals surface area contributed by atoms with Gasteiger partial charge in [0.25, 0.3) is 10.1 Å². The number of rotatable bonds is 7. The Morgan fingerprint density at radius 3 is 2.26 bits per heavy atom. The van der Waals surface area contributed by atoms with Crippen molar-refractivity contribution in [3.05, 3.63) is 29.8 Å².